The van der Waals surface area contributed by atoms with E-state index in [2.05, 4.69) is 23.6 Å². The molecular formula is C27H26ClFN2O2S. The molecule has 3 aromatic carbocycles. The highest BCUT2D eigenvalue weighted by Crippen LogP contribution is 2.39. The Morgan fingerprint density at radius 1 is 0.941 bits per heavy atom. The molecule has 4 nitrogen and oxygen atoms in total. The molecule has 0 N–H and O–H groups in total. The number of fused-ring (bicyclic) bond motifs is 1. The van der Waals surface area contributed by atoms with Gasteiger partial charge in [0.25, 0.3) is 0 Å². The second kappa shape index (κ2) is 9.17. The van der Waals surface area contributed by atoms with Gasteiger partial charge in [0.05, 0.1) is 5.02 Å². The van der Waals surface area contributed by atoms with Gasteiger partial charge in [-0.1, -0.05) is 54.1 Å². The maximum Gasteiger partial charge on any atom is 0.244 e. The molecule has 5 rings (SSSR count). The van der Waals surface area contributed by atoms with E-state index in [0.717, 1.165) is 23.9 Å². The molecule has 0 amide bonds. The second-order valence-corrected chi connectivity index (χ2v) is 11.2. The maximum atomic E-state index is 13.4. The van der Waals surface area contributed by atoms with Crippen LogP contribution < -0.4 is 0 Å². The number of nitrogens with zero attached hydrogens (tertiary/aromatic N) is 2. The molecule has 0 unspecified atom stereocenters. The van der Waals surface area contributed by atoms with Gasteiger partial charge in [-0.3, -0.25) is 0 Å². The number of benzene rings is 3. The number of aromatic nitrogens is 1. The van der Waals surface area contributed by atoms with Crippen molar-refractivity contribution in [2.24, 2.45) is 0 Å². The Balaban J connectivity index is 1.43. The summed E-state index contributed by atoms with van der Waals surface area (Å²) in [6.45, 7) is 3.70. The van der Waals surface area contributed by atoms with Crippen LogP contribution in [0.1, 0.15) is 35.6 Å². The van der Waals surface area contributed by atoms with Crippen molar-refractivity contribution in [2.75, 3.05) is 13.1 Å². The molecule has 34 heavy (non-hydrogen) atoms. The molecule has 0 radical (unpaired) electrons. The summed E-state index contributed by atoms with van der Waals surface area (Å²) in [5, 5.41) is 1.46. The van der Waals surface area contributed by atoms with Crippen LogP contribution in [0, 0.1) is 12.7 Å². The van der Waals surface area contributed by atoms with E-state index >= 15 is 0 Å². The number of hydrogen-bond acceptors (Lipinski definition) is 2. The van der Waals surface area contributed by atoms with Gasteiger partial charge in [0.2, 0.25) is 10.0 Å². The SMILES string of the molecule is Cc1c(C2CCN(S(=O)(=O)c3ccccc3Cl)CC2)c2ccccc2n1Cc1ccc(F)cc1. The highest BCUT2D eigenvalue weighted by atomic mass is 35.5. The van der Waals surface area contributed by atoms with Gasteiger partial charge < -0.3 is 4.57 Å². The first-order valence-corrected chi connectivity index (χ1v) is 13.2. The Bertz CT molecular complexity index is 1440. The lowest BCUT2D eigenvalue weighted by Crippen LogP contribution is -2.38. The molecule has 1 fully saturated rings. The smallest absolute Gasteiger partial charge is 0.244 e. The summed E-state index contributed by atoms with van der Waals surface area (Å²) in [6.07, 6.45) is 1.49. The second-order valence-electron chi connectivity index (χ2n) is 8.84. The van der Waals surface area contributed by atoms with E-state index in [1.54, 1.807) is 28.6 Å². The zero-order valence-corrected chi connectivity index (χ0v) is 20.5. The molecule has 0 atom stereocenters. The molecule has 0 aliphatic carbocycles. The number of halogens is 2. The first-order valence-electron chi connectivity index (χ1n) is 11.4. The third-order valence-corrected chi connectivity index (χ3v) is 9.25. The zero-order valence-electron chi connectivity index (χ0n) is 18.9. The Morgan fingerprint density at radius 2 is 1.59 bits per heavy atom. The Morgan fingerprint density at radius 3 is 2.29 bits per heavy atom. The average Bonchev–Trinajstić information content (AvgIpc) is 3.12. The van der Waals surface area contributed by atoms with Gasteiger partial charge in [0.1, 0.15) is 10.7 Å². The number of rotatable bonds is 5. The van der Waals surface area contributed by atoms with Gasteiger partial charge in [-0.25, -0.2) is 12.8 Å². The van der Waals surface area contributed by atoms with Gasteiger partial charge in [-0.15, -0.1) is 0 Å². The number of hydrogen-bond donors (Lipinski definition) is 0. The molecule has 1 aliphatic rings. The Hall–Kier alpha value is -2.67. The van der Waals surface area contributed by atoms with E-state index in [0.29, 0.717) is 19.6 Å². The van der Waals surface area contributed by atoms with Crippen molar-refractivity contribution < 1.29 is 12.8 Å². The van der Waals surface area contributed by atoms with Crippen LogP contribution in [0.5, 0.6) is 0 Å². The van der Waals surface area contributed by atoms with Gasteiger partial charge in [-0.05, 0) is 67.1 Å². The third-order valence-electron chi connectivity index (χ3n) is 6.85. The Kier molecular flexibility index (Phi) is 6.23. The van der Waals surface area contributed by atoms with E-state index in [1.807, 2.05) is 24.3 Å². The minimum absolute atomic E-state index is 0.169. The first-order chi connectivity index (χ1) is 16.4. The fourth-order valence-electron chi connectivity index (χ4n) is 5.13. The molecule has 0 spiro atoms. The summed E-state index contributed by atoms with van der Waals surface area (Å²) < 4.78 is 43.6. The summed E-state index contributed by atoms with van der Waals surface area (Å²) in [5.41, 5.74) is 4.65. The van der Waals surface area contributed by atoms with Crippen LogP contribution in [-0.4, -0.2) is 30.4 Å². The molecule has 1 aliphatic heterocycles. The van der Waals surface area contributed by atoms with Crippen molar-refractivity contribution in [1.82, 2.24) is 8.87 Å². The molecule has 176 valence electrons. The van der Waals surface area contributed by atoms with E-state index in [-0.39, 0.29) is 21.7 Å². The molecule has 1 aromatic heterocycles. The zero-order chi connectivity index (χ0) is 23.9. The minimum Gasteiger partial charge on any atom is -0.340 e. The normalized spacial score (nSPS) is 15.7. The van der Waals surface area contributed by atoms with Crippen LogP contribution in [0.25, 0.3) is 10.9 Å². The number of sulfonamides is 1. The summed E-state index contributed by atoms with van der Waals surface area (Å²) in [6, 6.07) is 21.6. The first kappa shape index (κ1) is 23.1. The summed E-state index contributed by atoms with van der Waals surface area (Å²) >= 11 is 6.19. The van der Waals surface area contributed by atoms with Crippen molar-refractivity contribution in [3.8, 4) is 0 Å². The lowest BCUT2D eigenvalue weighted by atomic mass is 9.88. The third kappa shape index (κ3) is 4.15. The van der Waals surface area contributed by atoms with Gasteiger partial charge in [0.15, 0.2) is 0 Å². The van der Waals surface area contributed by atoms with Crippen molar-refractivity contribution in [3.63, 3.8) is 0 Å². The Labute approximate surface area is 204 Å². The summed E-state index contributed by atoms with van der Waals surface area (Å²) in [4.78, 5) is 0.169. The monoisotopic (exact) mass is 496 g/mol. The predicted molar refractivity (Wildman–Crippen MR) is 134 cm³/mol. The largest absolute Gasteiger partial charge is 0.340 e. The van der Waals surface area contributed by atoms with E-state index in [4.69, 9.17) is 11.6 Å². The molecule has 7 heteroatoms. The minimum atomic E-state index is -3.62. The molecule has 0 bridgehead atoms. The van der Waals surface area contributed by atoms with E-state index in [9.17, 15) is 12.8 Å². The summed E-state index contributed by atoms with van der Waals surface area (Å²) in [5.74, 6) is 0.0223. The van der Waals surface area contributed by atoms with Gasteiger partial charge in [0, 0.05) is 36.2 Å². The molecule has 1 saturated heterocycles. The van der Waals surface area contributed by atoms with Crippen LogP contribution in [0.15, 0.2) is 77.7 Å². The van der Waals surface area contributed by atoms with Crippen molar-refractivity contribution in [1.29, 1.82) is 0 Å². The van der Waals surface area contributed by atoms with Crippen LogP contribution >= 0.6 is 11.6 Å². The average molecular weight is 497 g/mol. The topological polar surface area (TPSA) is 42.3 Å². The summed E-state index contributed by atoms with van der Waals surface area (Å²) in [7, 11) is -3.62. The lowest BCUT2D eigenvalue weighted by Gasteiger charge is -2.32. The van der Waals surface area contributed by atoms with Gasteiger partial charge in [-0.2, -0.15) is 4.31 Å². The van der Waals surface area contributed by atoms with Crippen LogP contribution in [0.4, 0.5) is 4.39 Å². The highest BCUT2D eigenvalue weighted by Gasteiger charge is 2.33. The lowest BCUT2D eigenvalue weighted by molar-refractivity contribution is 0.319. The molecular weight excluding hydrogens is 471 g/mol. The van der Waals surface area contributed by atoms with Gasteiger partial charge >= 0.3 is 0 Å². The molecule has 0 saturated carbocycles. The predicted octanol–water partition coefficient (Wildman–Crippen LogP) is 6.36. The van der Waals surface area contributed by atoms with Crippen molar-refractivity contribution in [3.05, 3.63) is 100 Å². The fourth-order valence-corrected chi connectivity index (χ4v) is 7.09. The van der Waals surface area contributed by atoms with Crippen LogP contribution in [0.3, 0.4) is 0 Å². The quantitative estimate of drug-likeness (QED) is 0.322. The standard InChI is InChI=1S/C27H26ClFN2O2S/c1-19-27(21-14-16-30(17-15-21)34(32,33)26-9-5-3-7-24(26)28)23-6-2-4-8-25(23)31(19)18-20-10-12-22(29)13-11-20/h2-13,21H,14-18H2,1H3. The van der Waals surface area contributed by atoms with Crippen LogP contribution in [-0.2, 0) is 16.6 Å². The van der Waals surface area contributed by atoms with E-state index in [1.165, 1.54) is 28.8 Å². The fraction of sp³-hybridized carbons (Fsp3) is 0.259. The van der Waals surface area contributed by atoms with E-state index < -0.39 is 10.0 Å². The maximum absolute atomic E-state index is 13.4. The van der Waals surface area contributed by atoms with Crippen LogP contribution in [0.2, 0.25) is 5.02 Å². The molecule has 2 heterocycles. The van der Waals surface area contributed by atoms with Crippen molar-refractivity contribution >= 4 is 32.5 Å². The number of piperidine rings is 1. The molecule has 4 aromatic rings. The number of para-hydroxylation sites is 1. The highest BCUT2D eigenvalue weighted by molar-refractivity contribution is 7.89. The van der Waals surface area contributed by atoms with Crippen molar-refractivity contribution in [2.45, 2.75) is 37.1 Å².